The van der Waals surface area contributed by atoms with E-state index in [0.29, 0.717) is 16.5 Å². The molecule has 24 heavy (non-hydrogen) atoms. The van der Waals surface area contributed by atoms with E-state index in [1.807, 2.05) is 36.4 Å². The third-order valence-electron chi connectivity index (χ3n) is 3.91. The van der Waals surface area contributed by atoms with E-state index >= 15 is 0 Å². The molecule has 1 heterocycles. The molecule has 0 fully saturated rings. The first kappa shape index (κ1) is 14.1. The Balaban J connectivity index is 1.86. The number of rotatable bonds is 2. The van der Waals surface area contributed by atoms with Crippen LogP contribution in [0.3, 0.4) is 0 Å². The number of aromatic nitrogens is 2. The summed E-state index contributed by atoms with van der Waals surface area (Å²) in [5.41, 5.74) is 0.937. The quantitative estimate of drug-likeness (QED) is 0.578. The fourth-order valence-corrected chi connectivity index (χ4v) is 2.68. The van der Waals surface area contributed by atoms with Gasteiger partial charge in [-0.05, 0) is 29.0 Å². The number of nitrogens with zero attached hydrogens (tertiary/aromatic N) is 3. The predicted molar refractivity (Wildman–Crippen MR) is 94.6 cm³/mol. The lowest BCUT2D eigenvalue weighted by molar-refractivity contribution is 0.475. The topological polar surface area (TPSA) is 67.5 Å². The Morgan fingerprint density at radius 2 is 1.71 bits per heavy atom. The summed E-state index contributed by atoms with van der Waals surface area (Å²) in [6.07, 6.45) is 2.86. The number of benzene rings is 3. The predicted octanol–water partition coefficient (Wildman–Crippen LogP) is 3.14. The Labute approximate surface area is 137 Å². The van der Waals surface area contributed by atoms with Crippen molar-refractivity contribution in [3.63, 3.8) is 0 Å². The average Bonchev–Trinajstić information content (AvgIpc) is 2.62. The monoisotopic (exact) mass is 315 g/mol. The van der Waals surface area contributed by atoms with E-state index in [1.165, 1.54) is 17.2 Å². The third kappa shape index (κ3) is 2.32. The molecular formula is C19H13N3O2. The number of hydrogen-bond acceptors (Lipinski definition) is 4. The molecule has 0 saturated carbocycles. The number of hydrogen-bond donors (Lipinski definition) is 1. The van der Waals surface area contributed by atoms with E-state index in [9.17, 15) is 9.90 Å². The van der Waals surface area contributed by atoms with Crippen molar-refractivity contribution in [2.24, 2.45) is 5.10 Å². The van der Waals surface area contributed by atoms with Crippen LogP contribution in [0.25, 0.3) is 21.7 Å². The summed E-state index contributed by atoms with van der Waals surface area (Å²) in [4.78, 5) is 16.7. The van der Waals surface area contributed by atoms with E-state index in [1.54, 1.807) is 24.3 Å². The molecule has 4 rings (SSSR count). The molecule has 0 bridgehead atoms. The van der Waals surface area contributed by atoms with Gasteiger partial charge in [0, 0.05) is 5.56 Å². The van der Waals surface area contributed by atoms with E-state index in [0.717, 1.165) is 10.8 Å². The molecule has 0 amide bonds. The number of para-hydroxylation sites is 1. The molecule has 1 N–H and O–H groups in total. The molecule has 0 radical (unpaired) electrons. The molecular weight excluding hydrogens is 302 g/mol. The van der Waals surface area contributed by atoms with E-state index in [2.05, 4.69) is 10.1 Å². The number of fused-ring (bicyclic) bond motifs is 2. The summed E-state index contributed by atoms with van der Waals surface area (Å²) in [7, 11) is 0. The largest absolute Gasteiger partial charge is 0.507 e. The van der Waals surface area contributed by atoms with Crippen molar-refractivity contribution in [1.82, 2.24) is 9.66 Å². The molecule has 3 aromatic carbocycles. The van der Waals surface area contributed by atoms with Gasteiger partial charge in [-0.1, -0.05) is 42.5 Å². The van der Waals surface area contributed by atoms with E-state index in [-0.39, 0.29) is 11.3 Å². The molecule has 0 atom stereocenters. The van der Waals surface area contributed by atoms with Gasteiger partial charge in [0.1, 0.15) is 12.1 Å². The van der Waals surface area contributed by atoms with Crippen molar-refractivity contribution in [1.29, 1.82) is 0 Å². The second-order valence-electron chi connectivity index (χ2n) is 5.38. The summed E-state index contributed by atoms with van der Waals surface area (Å²) >= 11 is 0. The van der Waals surface area contributed by atoms with Crippen LogP contribution in [0.5, 0.6) is 5.75 Å². The Morgan fingerprint density at radius 3 is 2.58 bits per heavy atom. The molecule has 4 aromatic rings. The van der Waals surface area contributed by atoms with Crippen LogP contribution in [-0.2, 0) is 0 Å². The Bertz CT molecular complexity index is 1150. The van der Waals surface area contributed by atoms with Crippen LogP contribution in [0.15, 0.2) is 76.9 Å². The van der Waals surface area contributed by atoms with Crippen LogP contribution in [0.4, 0.5) is 0 Å². The maximum Gasteiger partial charge on any atom is 0.281 e. The summed E-state index contributed by atoms with van der Waals surface area (Å²) in [5.74, 6) is 0.110. The molecule has 5 heteroatoms. The van der Waals surface area contributed by atoms with Crippen molar-refractivity contribution in [3.05, 3.63) is 82.9 Å². The highest BCUT2D eigenvalue weighted by molar-refractivity contribution is 6.02. The lowest BCUT2D eigenvalue weighted by atomic mass is 10.0. The van der Waals surface area contributed by atoms with Crippen molar-refractivity contribution in [3.8, 4) is 5.75 Å². The Morgan fingerprint density at radius 1 is 0.958 bits per heavy atom. The molecule has 116 valence electrons. The SMILES string of the molecule is O=c1c2ccccc2ncn1/N=C/c1c(O)ccc2ccccc12. The normalized spacial score (nSPS) is 11.5. The fourth-order valence-electron chi connectivity index (χ4n) is 2.68. The highest BCUT2D eigenvalue weighted by Crippen LogP contribution is 2.25. The summed E-state index contributed by atoms with van der Waals surface area (Å²) in [5, 5.41) is 16.7. The van der Waals surface area contributed by atoms with Gasteiger partial charge >= 0.3 is 0 Å². The van der Waals surface area contributed by atoms with Crippen LogP contribution < -0.4 is 5.56 Å². The Kier molecular flexibility index (Phi) is 3.31. The highest BCUT2D eigenvalue weighted by atomic mass is 16.3. The van der Waals surface area contributed by atoms with Crippen molar-refractivity contribution in [2.75, 3.05) is 0 Å². The zero-order chi connectivity index (χ0) is 16.5. The van der Waals surface area contributed by atoms with Crippen LogP contribution in [-0.4, -0.2) is 21.0 Å². The first-order chi connectivity index (χ1) is 11.7. The highest BCUT2D eigenvalue weighted by Gasteiger charge is 2.05. The second-order valence-corrected chi connectivity index (χ2v) is 5.38. The van der Waals surface area contributed by atoms with Crippen molar-refractivity contribution < 1.29 is 5.11 Å². The average molecular weight is 315 g/mol. The molecule has 5 nitrogen and oxygen atoms in total. The van der Waals surface area contributed by atoms with Gasteiger partial charge in [-0.2, -0.15) is 9.78 Å². The van der Waals surface area contributed by atoms with Gasteiger partial charge in [0.15, 0.2) is 0 Å². The number of phenolic OH excluding ortho intramolecular Hbond substituents is 1. The molecule has 0 unspecified atom stereocenters. The minimum Gasteiger partial charge on any atom is -0.507 e. The number of phenols is 1. The third-order valence-corrected chi connectivity index (χ3v) is 3.91. The summed E-state index contributed by atoms with van der Waals surface area (Å²) < 4.78 is 1.17. The zero-order valence-corrected chi connectivity index (χ0v) is 12.6. The fraction of sp³-hybridized carbons (Fsp3) is 0. The standard InChI is InChI=1S/C19H13N3O2/c23-18-10-9-13-5-1-2-6-14(13)16(18)11-21-22-12-20-17-8-4-3-7-15(17)19(22)24/h1-12,23H/b21-11+. The van der Waals surface area contributed by atoms with Crippen LogP contribution in [0, 0.1) is 0 Å². The molecule has 0 spiro atoms. The van der Waals surface area contributed by atoms with Gasteiger partial charge in [-0.15, -0.1) is 0 Å². The number of aromatic hydroxyl groups is 1. The van der Waals surface area contributed by atoms with Crippen molar-refractivity contribution in [2.45, 2.75) is 0 Å². The second kappa shape index (κ2) is 5.62. The van der Waals surface area contributed by atoms with E-state index < -0.39 is 0 Å². The molecule has 0 aliphatic carbocycles. The lowest BCUT2D eigenvalue weighted by Crippen LogP contribution is -2.17. The van der Waals surface area contributed by atoms with Crippen LogP contribution >= 0.6 is 0 Å². The van der Waals surface area contributed by atoms with Crippen LogP contribution in [0.2, 0.25) is 0 Å². The molecule has 1 aromatic heterocycles. The first-order valence-electron chi connectivity index (χ1n) is 7.45. The summed E-state index contributed by atoms with van der Waals surface area (Å²) in [6, 6.07) is 18.2. The molecule has 0 aliphatic heterocycles. The molecule has 0 aliphatic rings. The Hall–Kier alpha value is -3.47. The minimum atomic E-state index is -0.253. The van der Waals surface area contributed by atoms with Gasteiger partial charge in [0.2, 0.25) is 0 Å². The summed E-state index contributed by atoms with van der Waals surface area (Å²) in [6.45, 7) is 0. The van der Waals surface area contributed by atoms with Gasteiger partial charge in [-0.3, -0.25) is 4.79 Å². The smallest absolute Gasteiger partial charge is 0.281 e. The zero-order valence-electron chi connectivity index (χ0n) is 12.6. The maximum atomic E-state index is 12.4. The van der Waals surface area contributed by atoms with Crippen LogP contribution in [0.1, 0.15) is 5.56 Å². The van der Waals surface area contributed by atoms with Crippen molar-refractivity contribution >= 4 is 27.9 Å². The molecule has 0 saturated heterocycles. The van der Waals surface area contributed by atoms with E-state index in [4.69, 9.17) is 0 Å². The van der Waals surface area contributed by atoms with Gasteiger partial charge in [0.25, 0.3) is 5.56 Å². The van der Waals surface area contributed by atoms with Gasteiger partial charge < -0.3 is 5.11 Å². The first-order valence-corrected chi connectivity index (χ1v) is 7.45. The minimum absolute atomic E-state index is 0.110. The van der Waals surface area contributed by atoms with Gasteiger partial charge in [0.05, 0.1) is 17.1 Å². The maximum absolute atomic E-state index is 12.4. The lowest BCUT2D eigenvalue weighted by Gasteiger charge is -2.05. The van der Waals surface area contributed by atoms with Gasteiger partial charge in [-0.25, -0.2) is 4.98 Å².